The Kier molecular flexibility index (Phi) is 21.2. The van der Waals surface area contributed by atoms with E-state index in [0.717, 1.165) is 94.0 Å². The van der Waals surface area contributed by atoms with Crippen LogP contribution in [0.1, 0.15) is 101 Å². The summed E-state index contributed by atoms with van der Waals surface area (Å²) in [5.74, 6) is -0.395. The summed E-state index contributed by atoms with van der Waals surface area (Å²) in [7, 11) is 3.06. The second kappa shape index (κ2) is 25.3. The minimum Gasteiger partial charge on any atom is -0.380 e. The second-order valence-electron chi connectivity index (χ2n) is 19.6. The lowest BCUT2D eigenvalue weighted by atomic mass is 9.84. The summed E-state index contributed by atoms with van der Waals surface area (Å²) in [6, 6.07) is 14.7. The van der Waals surface area contributed by atoms with Crippen molar-refractivity contribution in [3.63, 3.8) is 0 Å². The van der Waals surface area contributed by atoms with Crippen LogP contribution in [-0.4, -0.2) is 113 Å². The molecule has 14 heteroatoms. The van der Waals surface area contributed by atoms with Crippen molar-refractivity contribution >= 4 is 40.4 Å². The highest BCUT2D eigenvalue weighted by atomic mass is 17.1. The van der Waals surface area contributed by atoms with Gasteiger partial charge in [-0.1, -0.05) is 98.0 Å². The van der Waals surface area contributed by atoms with Gasteiger partial charge in [-0.15, -0.1) is 0 Å². The normalized spacial score (nSPS) is 17.3. The number of ether oxygens (including phenoxy) is 1. The van der Waals surface area contributed by atoms with Gasteiger partial charge in [0.2, 0.25) is 17.7 Å². The monoisotopic (exact) mass is 918 g/mol. The van der Waals surface area contributed by atoms with Gasteiger partial charge in [-0.2, -0.15) is 5.06 Å². The Bertz CT molecular complexity index is 2180. The number of benzene rings is 2. The highest BCUT2D eigenvalue weighted by Crippen LogP contribution is 2.39. The Labute approximate surface area is 396 Å². The van der Waals surface area contributed by atoms with Crippen molar-refractivity contribution in [1.82, 2.24) is 25.0 Å². The first kappa shape index (κ1) is 55.4. The van der Waals surface area contributed by atoms with E-state index in [1.54, 1.807) is 18.2 Å². The summed E-state index contributed by atoms with van der Waals surface area (Å²) in [4.78, 5) is 41.4. The standard InChI is InChI=1S/C37H50N4O4.C9H15NO.C6H14N2O2.2H2/c1-8-28(23-44-7)33(22-38)35-32(21-37(5,6)24-45-43)31-20-30(15-16-34(31)40(35)9-2)29-14-10-13-27(19-29)18-25(3)36(42)41-17-11-12-26(4)39-41;1-4-8(11)10-6-5-9(2,3)7-10;1-4(2)5(6(7)9)8(3)10;;/h8,10,13-16,19-20,22,25-26,38-39,43H,1,9,11-12,17-18,21,23-24H2,2-7H3;4H,1,5-7H2,2-3H3;4-5,10H,1-3H3,(H2,7,9);2*1H/b33-28-,38-22?;;;;/t25?,26-;;5-;;/m1.0../s1. The Balaban J connectivity index is 0.000000828. The van der Waals surface area contributed by atoms with Crippen molar-refractivity contribution in [1.29, 1.82) is 5.41 Å². The molecule has 2 saturated heterocycles. The summed E-state index contributed by atoms with van der Waals surface area (Å²) in [6.07, 6.45) is 9.04. The summed E-state index contributed by atoms with van der Waals surface area (Å²) in [5, 5.41) is 30.4. The number of allylic oxidation sites excluding steroid dienone is 1. The number of primary amides is 1. The van der Waals surface area contributed by atoms with Gasteiger partial charge in [0.25, 0.3) is 0 Å². The van der Waals surface area contributed by atoms with Crippen molar-refractivity contribution in [3.8, 4) is 11.1 Å². The highest BCUT2D eigenvalue weighted by Gasteiger charge is 2.31. The number of likely N-dealkylation sites (tertiary alicyclic amines) is 1. The molecule has 5 rings (SSSR count). The van der Waals surface area contributed by atoms with E-state index < -0.39 is 11.9 Å². The average molecular weight is 918 g/mol. The molecule has 0 saturated carbocycles. The maximum Gasteiger partial charge on any atom is 0.245 e. The van der Waals surface area contributed by atoms with E-state index in [1.807, 2.05) is 25.7 Å². The van der Waals surface area contributed by atoms with Crippen LogP contribution in [0.25, 0.3) is 27.6 Å². The minimum absolute atomic E-state index is 0. The lowest BCUT2D eigenvalue weighted by Crippen LogP contribution is -2.52. The molecule has 1 unspecified atom stereocenters. The number of carbonyl (C=O) groups is 3. The Morgan fingerprint density at radius 3 is 2.29 bits per heavy atom. The second-order valence-corrected chi connectivity index (χ2v) is 19.6. The van der Waals surface area contributed by atoms with Gasteiger partial charge in [-0.25, -0.2) is 10.3 Å². The number of hydrogen-bond acceptors (Lipinski definition) is 10. The quantitative estimate of drug-likeness (QED) is 0.0273. The molecule has 1 aromatic heterocycles. The SMILES string of the molecule is C=C/C(COC)=C(\C=N)c1c(CC(C)(C)COO)c2cc(-c3cccc(CC(C)C(=O)N4CCC[C@@H](C)N4)c3)ccc2n1CC.C=CC(=O)N1CCC(C)(C)C1.CC(C)[C@@H](C(N)=O)N(C)O.[HH].[HH]. The summed E-state index contributed by atoms with van der Waals surface area (Å²) in [6.45, 7) is 29.6. The minimum atomic E-state index is -0.583. The number of hydrazine groups is 1. The Morgan fingerprint density at radius 1 is 1.11 bits per heavy atom. The number of fused-ring (bicyclic) bond motifs is 1. The molecule has 0 aliphatic carbocycles. The van der Waals surface area contributed by atoms with Crippen LogP contribution in [0.5, 0.6) is 0 Å². The summed E-state index contributed by atoms with van der Waals surface area (Å²) >= 11 is 0. The Hall–Kier alpha value is -4.96. The van der Waals surface area contributed by atoms with Gasteiger partial charge in [0.15, 0.2) is 0 Å². The third-order valence-electron chi connectivity index (χ3n) is 12.3. The molecule has 6 N–H and O–H groups in total. The number of nitrogens with two attached hydrogens (primary N) is 1. The van der Waals surface area contributed by atoms with Gasteiger partial charge in [-0.3, -0.25) is 24.6 Å². The number of nitrogens with zero attached hydrogens (tertiary/aromatic N) is 4. The molecule has 14 nitrogen and oxygen atoms in total. The summed E-state index contributed by atoms with van der Waals surface area (Å²) in [5.41, 5.74) is 16.3. The van der Waals surface area contributed by atoms with Crippen LogP contribution in [0.2, 0.25) is 0 Å². The number of carbonyl (C=O) groups excluding carboxylic acids is 3. The number of hydrogen-bond donors (Lipinski definition) is 5. The fraction of sp³-hybridized carbons (Fsp3) is 0.538. The predicted molar refractivity (Wildman–Crippen MR) is 270 cm³/mol. The van der Waals surface area contributed by atoms with E-state index in [1.165, 1.54) is 19.3 Å². The van der Waals surface area contributed by atoms with Crippen LogP contribution in [0.3, 0.4) is 0 Å². The maximum absolute atomic E-state index is 13.2. The zero-order valence-electron chi connectivity index (χ0n) is 41.6. The first-order chi connectivity index (χ1) is 31.1. The average Bonchev–Trinajstić information content (AvgIpc) is 3.78. The van der Waals surface area contributed by atoms with Gasteiger partial charge in [-0.05, 0) is 109 Å². The van der Waals surface area contributed by atoms with Crippen molar-refractivity contribution in [3.05, 3.63) is 90.2 Å². The molecule has 2 aliphatic rings. The van der Waals surface area contributed by atoms with Crippen molar-refractivity contribution < 1.29 is 37.3 Å². The number of nitrogens with one attached hydrogen (secondary N) is 2. The lowest BCUT2D eigenvalue weighted by Gasteiger charge is -2.33. The van der Waals surface area contributed by atoms with Gasteiger partial charge in [0.05, 0.1) is 18.9 Å². The van der Waals surface area contributed by atoms with E-state index in [9.17, 15) is 19.6 Å². The predicted octanol–water partition coefficient (Wildman–Crippen LogP) is 9.06. The zero-order chi connectivity index (χ0) is 49.5. The molecule has 66 heavy (non-hydrogen) atoms. The fourth-order valence-corrected chi connectivity index (χ4v) is 8.92. The zero-order valence-corrected chi connectivity index (χ0v) is 41.6. The van der Waals surface area contributed by atoms with E-state index in [4.69, 9.17) is 21.1 Å². The molecule has 3 aromatic rings. The number of likely N-dealkylation sites (N-methyl/N-ethyl adjacent to an activating group) is 1. The van der Waals surface area contributed by atoms with Gasteiger partial charge in [0.1, 0.15) is 6.04 Å². The molecule has 2 aliphatic heterocycles. The van der Waals surface area contributed by atoms with E-state index in [2.05, 4.69) is 112 Å². The molecule has 2 fully saturated rings. The smallest absolute Gasteiger partial charge is 0.245 e. The van der Waals surface area contributed by atoms with Gasteiger partial charge >= 0.3 is 0 Å². The molecule has 0 spiro atoms. The van der Waals surface area contributed by atoms with Crippen LogP contribution in [-0.2, 0) is 43.4 Å². The van der Waals surface area contributed by atoms with Gasteiger partial charge < -0.3 is 30.6 Å². The molecular weight excluding hydrogens is 835 g/mol. The Morgan fingerprint density at radius 2 is 1.79 bits per heavy atom. The number of aryl methyl sites for hydroxylation is 1. The molecule has 368 valence electrons. The van der Waals surface area contributed by atoms with E-state index in [0.29, 0.717) is 37.5 Å². The third kappa shape index (κ3) is 15.0. The molecule has 2 aromatic carbocycles. The largest absolute Gasteiger partial charge is 0.380 e. The van der Waals surface area contributed by atoms with Crippen LogP contribution < -0.4 is 11.2 Å². The molecule has 3 atom stereocenters. The molecule has 3 heterocycles. The van der Waals surface area contributed by atoms with Gasteiger partial charge in [0, 0.05) is 77.8 Å². The first-order valence-corrected chi connectivity index (χ1v) is 23.1. The molecule has 3 amide bonds. The van der Waals surface area contributed by atoms with Crippen molar-refractivity contribution in [2.24, 2.45) is 28.4 Å². The topological polar surface area (TPSA) is 187 Å². The van der Waals surface area contributed by atoms with E-state index in [-0.39, 0.29) is 38.5 Å². The number of aromatic nitrogens is 1. The number of hydroxylamine groups is 2. The number of methoxy groups -OCH3 is 1. The van der Waals surface area contributed by atoms with Crippen LogP contribution in [0, 0.1) is 28.1 Å². The summed E-state index contributed by atoms with van der Waals surface area (Å²) < 4.78 is 7.73. The number of amides is 3. The van der Waals surface area contributed by atoms with Crippen molar-refractivity contribution in [2.45, 2.75) is 113 Å². The third-order valence-corrected chi connectivity index (χ3v) is 12.3. The van der Waals surface area contributed by atoms with E-state index >= 15 is 0 Å². The van der Waals surface area contributed by atoms with Crippen LogP contribution in [0.15, 0.2) is 73.3 Å². The van der Waals surface area contributed by atoms with Crippen LogP contribution in [0.4, 0.5) is 0 Å². The fourth-order valence-electron chi connectivity index (χ4n) is 8.92. The number of rotatable bonds is 18. The molecule has 0 bridgehead atoms. The van der Waals surface area contributed by atoms with Crippen LogP contribution >= 0.6 is 0 Å². The van der Waals surface area contributed by atoms with Crippen molar-refractivity contribution in [2.75, 3.05) is 47.0 Å². The first-order valence-electron chi connectivity index (χ1n) is 23.1. The molecular formula is C52H83N7O7. The maximum atomic E-state index is 13.2. The molecule has 0 radical (unpaired) electrons. The lowest BCUT2D eigenvalue weighted by molar-refractivity contribution is -0.259. The highest BCUT2D eigenvalue weighted by molar-refractivity contribution is 6.12.